The van der Waals surface area contributed by atoms with E-state index in [0.717, 1.165) is 24.6 Å². The average Bonchev–Trinajstić information content (AvgIpc) is 2.23. The van der Waals surface area contributed by atoms with Gasteiger partial charge in [-0.1, -0.05) is 20.4 Å². The van der Waals surface area contributed by atoms with Gasteiger partial charge in [0.15, 0.2) is 7.38 Å². The zero-order valence-corrected chi connectivity index (χ0v) is 10.8. The fraction of sp³-hybridized carbons (Fsp3) is 0.700. The molecule has 0 aliphatic rings. The van der Waals surface area contributed by atoms with Crippen LogP contribution < -0.4 is 0 Å². The molecule has 0 aromatic rings. The molecule has 0 heterocycles. The topological polar surface area (TPSA) is 26.3 Å². The fourth-order valence-corrected chi connectivity index (χ4v) is 3.61. The van der Waals surface area contributed by atoms with Crippen molar-refractivity contribution in [3.05, 3.63) is 12.7 Å². The molecule has 0 aromatic heterocycles. The first kappa shape index (κ1) is 13.7. The van der Waals surface area contributed by atoms with E-state index < -0.39 is 7.38 Å². The molecule has 0 spiro atoms. The normalized spacial score (nSPS) is 11.1. The number of hydrogen-bond donors (Lipinski definition) is 0. The van der Waals surface area contributed by atoms with E-state index in [1.165, 1.54) is 6.08 Å². The summed E-state index contributed by atoms with van der Waals surface area (Å²) < 4.78 is 4.88. The fourth-order valence-electron chi connectivity index (χ4n) is 1.22. The van der Waals surface area contributed by atoms with Crippen LogP contribution in [0.25, 0.3) is 0 Å². The van der Waals surface area contributed by atoms with Crippen molar-refractivity contribution >= 4 is 24.4 Å². The molecule has 0 saturated carbocycles. The minimum Gasteiger partial charge on any atom is -0.463 e. The van der Waals surface area contributed by atoms with Crippen LogP contribution in [0.15, 0.2) is 12.7 Å². The summed E-state index contributed by atoms with van der Waals surface area (Å²) in [4.78, 5) is 10.7. The third-order valence-electron chi connectivity index (χ3n) is 2.45. The second-order valence-corrected chi connectivity index (χ2v) is 9.95. The van der Waals surface area contributed by atoms with E-state index in [2.05, 4.69) is 20.4 Å². The van der Waals surface area contributed by atoms with Crippen LogP contribution in [-0.4, -0.2) is 20.0 Å². The van der Waals surface area contributed by atoms with Crippen molar-refractivity contribution in [2.75, 3.05) is 6.61 Å². The minimum atomic E-state index is -1.52. The molecule has 0 bridgehead atoms. The van der Waals surface area contributed by atoms with Crippen LogP contribution in [0.1, 0.15) is 20.3 Å². The summed E-state index contributed by atoms with van der Waals surface area (Å²) in [6, 6.07) is 3.19. The molecule has 0 radical (unpaired) electrons. The highest BCUT2D eigenvalue weighted by Crippen LogP contribution is 2.26. The summed E-state index contributed by atoms with van der Waals surface area (Å²) in [5.41, 5.74) is 0. The second-order valence-electron chi connectivity index (χ2n) is 3.33. The number of esters is 1. The van der Waals surface area contributed by atoms with Gasteiger partial charge in [-0.2, -0.15) is 11.1 Å². The molecule has 82 valence electrons. The summed E-state index contributed by atoms with van der Waals surface area (Å²) in [5, 5.41) is 0. The standard InChI is InChI=1S/C10H19ClO2Si/c1-4-10(12)13-8-7-9-14(11,5-2)6-3/h4H,1,5-9H2,2-3H3. The molecule has 0 aromatic carbocycles. The highest BCUT2D eigenvalue weighted by atomic mass is 35.6. The number of rotatable bonds is 7. The Hall–Kier alpha value is -0.283. The van der Waals surface area contributed by atoms with Gasteiger partial charge in [0.05, 0.1) is 6.61 Å². The largest absolute Gasteiger partial charge is 0.463 e. The number of halogens is 1. The quantitative estimate of drug-likeness (QED) is 0.222. The van der Waals surface area contributed by atoms with Gasteiger partial charge in [-0.15, -0.1) is 0 Å². The highest BCUT2D eigenvalue weighted by molar-refractivity contribution is 7.20. The molecular formula is C10H19ClO2Si. The van der Waals surface area contributed by atoms with Gasteiger partial charge in [0.25, 0.3) is 0 Å². The first-order valence-electron chi connectivity index (χ1n) is 5.06. The van der Waals surface area contributed by atoms with Crippen LogP contribution in [0.2, 0.25) is 18.1 Å². The first-order chi connectivity index (χ1) is 6.58. The van der Waals surface area contributed by atoms with Gasteiger partial charge in [0.1, 0.15) is 0 Å². The lowest BCUT2D eigenvalue weighted by molar-refractivity contribution is -0.137. The van der Waals surface area contributed by atoms with Crippen LogP contribution in [0.3, 0.4) is 0 Å². The molecule has 0 rings (SSSR count). The molecular weight excluding hydrogens is 216 g/mol. The molecule has 0 N–H and O–H groups in total. The summed E-state index contributed by atoms with van der Waals surface area (Å²) in [7, 11) is -1.52. The molecule has 0 atom stereocenters. The van der Waals surface area contributed by atoms with Gasteiger partial charge >= 0.3 is 5.97 Å². The van der Waals surface area contributed by atoms with E-state index in [1.807, 2.05) is 0 Å². The SMILES string of the molecule is C=CC(=O)OCCC[Si](Cl)(CC)CC. The zero-order chi connectivity index (χ0) is 11.0. The molecule has 4 heteroatoms. The van der Waals surface area contributed by atoms with Crippen molar-refractivity contribution in [3.63, 3.8) is 0 Å². The highest BCUT2D eigenvalue weighted by Gasteiger charge is 2.25. The predicted octanol–water partition coefficient (Wildman–Crippen LogP) is 3.33. The lowest BCUT2D eigenvalue weighted by atomic mass is 10.5. The summed E-state index contributed by atoms with van der Waals surface area (Å²) in [6.07, 6.45) is 2.06. The van der Waals surface area contributed by atoms with Gasteiger partial charge < -0.3 is 4.74 Å². The van der Waals surface area contributed by atoms with Gasteiger partial charge in [-0.3, -0.25) is 0 Å². The van der Waals surface area contributed by atoms with Crippen LogP contribution in [-0.2, 0) is 9.53 Å². The van der Waals surface area contributed by atoms with Gasteiger partial charge in [-0.25, -0.2) is 4.79 Å². The summed E-state index contributed by atoms with van der Waals surface area (Å²) in [6.45, 7) is 8.07. The Bertz CT molecular complexity index is 191. The van der Waals surface area contributed by atoms with E-state index in [9.17, 15) is 4.79 Å². The Kier molecular flexibility index (Phi) is 6.92. The number of carbonyl (C=O) groups excluding carboxylic acids is 1. The Morgan fingerprint density at radius 3 is 2.50 bits per heavy atom. The smallest absolute Gasteiger partial charge is 0.330 e. The second kappa shape index (κ2) is 7.07. The maximum atomic E-state index is 10.7. The van der Waals surface area contributed by atoms with Crippen molar-refractivity contribution in [3.8, 4) is 0 Å². The van der Waals surface area contributed by atoms with Crippen molar-refractivity contribution < 1.29 is 9.53 Å². The van der Waals surface area contributed by atoms with Crippen molar-refractivity contribution in [1.82, 2.24) is 0 Å². The van der Waals surface area contributed by atoms with E-state index in [4.69, 9.17) is 15.8 Å². The van der Waals surface area contributed by atoms with Gasteiger partial charge in [0, 0.05) is 6.08 Å². The molecule has 0 saturated heterocycles. The molecule has 0 fully saturated rings. The van der Waals surface area contributed by atoms with E-state index in [-0.39, 0.29) is 5.97 Å². The Labute approximate surface area is 92.0 Å². The Balaban J connectivity index is 3.62. The zero-order valence-electron chi connectivity index (χ0n) is 9.01. The van der Waals surface area contributed by atoms with Crippen LogP contribution in [0, 0.1) is 0 Å². The summed E-state index contributed by atoms with van der Waals surface area (Å²) in [5.74, 6) is -0.347. The molecule has 14 heavy (non-hydrogen) atoms. The molecule has 0 unspecified atom stereocenters. The number of hydrogen-bond acceptors (Lipinski definition) is 2. The van der Waals surface area contributed by atoms with Gasteiger partial charge in [-0.05, 0) is 24.6 Å². The van der Waals surface area contributed by atoms with Crippen LogP contribution in [0.4, 0.5) is 0 Å². The number of ether oxygens (including phenoxy) is 1. The van der Waals surface area contributed by atoms with E-state index >= 15 is 0 Å². The monoisotopic (exact) mass is 234 g/mol. The maximum absolute atomic E-state index is 10.7. The van der Waals surface area contributed by atoms with Crippen molar-refractivity contribution in [1.29, 1.82) is 0 Å². The average molecular weight is 235 g/mol. The van der Waals surface area contributed by atoms with Crippen molar-refractivity contribution in [2.24, 2.45) is 0 Å². The van der Waals surface area contributed by atoms with E-state index in [1.54, 1.807) is 0 Å². The first-order valence-corrected chi connectivity index (χ1v) is 8.69. The molecule has 0 amide bonds. The molecule has 2 nitrogen and oxygen atoms in total. The molecule has 0 aliphatic carbocycles. The number of carbonyl (C=O) groups is 1. The predicted molar refractivity (Wildman–Crippen MR) is 63.1 cm³/mol. The van der Waals surface area contributed by atoms with Gasteiger partial charge in [0.2, 0.25) is 0 Å². The summed E-state index contributed by atoms with van der Waals surface area (Å²) >= 11 is 6.44. The Morgan fingerprint density at radius 1 is 1.50 bits per heavy atom. The van der Waals surface area contributed by atoms with E-state index in [0.29, 0.717) is 6.61 Å². The lowest BCUT2D eigenvalue weighted by Gasteiger charge is -2.20. The Morgan fingerprint density at radius 2 is 2.07 bits per heavy atom. The van der Waals surface area contributed by atoms with Crippen LogP contribution in [0.5, 0.6) is 0 Å². The molecule has 0 aliphatic heterocycles. The maximum Gasteiger partial charge on any atom is 0.330 e. The third-order valence-corrected chi connectivity index (χ3v) is 8.40. The van der Waals surface area contributed by atoms with Crippen molar-refractivity contribution in [2.45, 2.75) is 38.4 Å². The minimum absolute atomic E-state index is 0.347. The van der Waals surface area contributed by atoms with Crippen LogP contribution >= 0.6 is 11.1 Å². The third kappa shape index (κ3) is 5.45. The lowest BCUT2D eigenvalue weighted by Crippen LogP contribution is -2.24.